The van der Waals surface area contributed by atoms with Crippen molar-refractivity contribution in [1.29, 1.82) is 0 Å². The summed E-state index contributed by atoms with van der Waals surface area (Å²) in [5, 5.41) is 15.4. The molecule has 1 N–H and O–H groups in total. The number of carbonyl (C=O) groups excluding carboxylic acids is 1. The van der Waals surface area contributed by atoms with Gasteiger partial charge in [0.25, 0.3) is 11.6 Å². The van der Waals surface area contributed by atoms with Crippen LogP contribution in [0, 0.1) is 10.1 Å². The average Bonchev–Trinajstić information content (AvgIpc) is 2.97. The molecule has 1 aromatic heterocycles. The van der Waals surface area contributed by atoms with Crippen molar-refractivity contribution in [3.8, 4) is 5.75 Å². The van der Waals surface area contributed by atoms with E-state index in [0.29, 0.717) is 32.0 Å². The Morgan fingerprint density at radius 2 is 2.20 bits per heavy atom. The highest BCUT2D eigenvalue weighted by Gasteiger charge is 2.16. The Morgan fingerprint density at radius 3 is 2.80 bits per heavy atom. The molecule has 7 nitrogen and oxygen atoms in total. The van der Waals surface area contributed by atoms with E-state index < -0.39 is 10.8 Å². The molecule has 1 aromatic carbocycles. The molecule has 0 radical (unpaired) electrons. The molecule has 1 amide bonds. The van der Waals surface area contributed by atoms with Gasteiger partial charge in [-0.15, -0.1) is 11.3 Å². The number of carbonyl (C=O) groups is 1. The van der Waals surface area contributed by atoms with Crippen LogP contribution in [0.25, 0.3) is 0 Å². The van der Waals surface area contributed by atoms with Crippen molar-refractivity contribution in [2.45, 2.75) is 13.3 Å². The molecule has 0 saturated heterocycles. The Hall–Kier alpha value is -2.16. The van der Waals surface area contributed by atoms with Crippen LogP contribution in [-0.4, -0.2) is 23.7 Å². The lowest BCUT2D eigenvalue weighted by molar-refractivity contribution is -0.385. The Morgan fingerprint density at radius 1 is 1.44 bits per heavy atom. The zero-order chi connectivity index (χ0) is 18.4. The van der Waals surface area contributed by atoms with Gasteiger partial charge in [0, 0.05) is 11.1 Å². The largest absolute Gasteiger partial charge is 0.482 e. The zero-order valence-electron chi connectivity index (χ0n) is 13.0. The van der Waals surface area contributed by atoms with Crippen molar-refractivity contribution in [2.24, 2.45) is 5.10 Å². The number of nitro groups is 1. The number of thiophene rings is 1. The molecule has 2 rings (SSSR count). The molecule has 2 aromatic rings. The maximum absolute atomic E-state index is 11.7. The molecule has 0 aliphatic heterocycles. The molecule has 0 aliphatic rings. The first-order valence-corrected chi connectivity index (χ1v) is 8.64. The first-order valence-electron chi connectivity index (χ1n) is 7.07. The molecule has 0 bridgehead atoms. The molecule has 0 fully saturated rings. The third-order valence-corrected chi connectivity index (χ3v) is 4.69. The molecule has 10 heteroatoms. The monoisotopic (exact) mass is 401 g/mol. The molecule has 0 unspecified atom stereocenters. The van der Waals surface area contributed by atoms with Gasteiger partial charge in [-0.2, -0.15) is 5.10 Å². The summed E-state index contributed by atoms with van der Waals surface area (Å²) >= 11 is 12.9. The van der Waals surface area contributed by atoms with Gasteiger partial charge in [-0.05, 0) is 24.6 Å². The summed E-state index contributed by atoms with van der Waals surface area (Å²) in [6, 6.07) is 6.07. The highest BCUT2D eigenvalue weighted by molar-refractivity contribution is 7.14. The second-order valence-electron chi connectivity index (χ2n) is 4.72. The van der Waals surface area contributed by atoms with E-state index in [2.05, 4.69) is 10.5 Å². The zero-order valence-corrected chi connectivity index (χ0v) is 15.3. The number of rotatable bonds is 7. The van der Waals surface area contributed by atoms with E-state index in [0.717, 1.165) is 0 Å². The fraction of sp³-hybridized carbons (Fsp3) is 0.200. The number of hydrazone groups is 1. The summed E-state index contributed by atoms with van der Waals surface area (Å²) in [6.45, 7) is 1.55. The van der Waals surface area contributed by atoms with Crippen molar-refractivity contribution in [3.63, 3.8) is 0 Å². The van der Waals surface area contributed by atoms with Gasteiger partial charge >= 0.3 is 0 Å². The maximum Gasteiger partial charge on any atom is 0.283 e. The number of halogens is 2. The molecular formula is C15H13Cl2N3O4S. The fourth-order valence-electron chi connectivity index (χ4n) is 1.85. The second kappa shape index (κ2) is 8.80. The minimum Gasteiger partial charge on any atom is -0.482 e. The van der Waals surface area contributed by atoms with Crippen LogP contribution in [-0.2, 0) is 11.2 Å². The van der Waals surface area contributed by atoms with Gasteiger partial charge in [0.2, 0.25) is 0 Å². The lowest BCUT2D eigenvalue weighted by Crippen LogP contribution is -2.24. The molecule has 1 heterocycles. The molecule has 25 heavy (non-hydrogen) atoms. The van der Waals surface area contributed by atoms with Crippen LogP contribution in [0.3, 0.4) is 0 Å². The maximum atomic E-state index is 11.7. The van der Waals surface area contributed by atoms with Crippen molar-refractivity contribution in [2.75, 3.05) is 6.61 Å². The quantitative estimate of drug-likeness (QED) is 0.429. The smallest absolute Gasteiger partial charge is 0.283 e. The molecule has 132 valence electrons. The van der Waals surface area contributed by atoms with E-state index >= 15 is 0 Å². The number of nitrogens with zero attached hydrogens (tertiary/aromatic N) is 2. The summed E-state index contributed by atoms with van der Waals surface area (Å²) in [5.41, 5.74) is 2.34. The topological polar surface area (TPSA) is 93.8 Å². The number of nitrogens with one attached hydrogen (secondary N) is 1. The summed E-state index contributed by atoms with van der Waals surface area (Å²) in [6.07, 6.45) is 1.90. The van der Waals surface area contributed by atoms with E-state index in [-0.39, 0.29) is 12.3 Å². The summed E-state index contributed by atoms with van der Waals surface area (Å²) in [4.78, 5) is 23.4. The Balaban J connectivity index is 1.89. The Bertz CT molecular complexity index is 823. The molecule has 0 saturated carbocycles. The number of benzene rings is 1. The van der Waals surface area contributed by atoms with E-state index in [1.165, 1.54) is 29.7 Å². The predicted molar refractivity (Wildman–Crippen MR) is 98.0 cm³/mol. The SMILES string of the molecule is CCc1sc(/C=N/NC(=O)COc2ccc(Cl)cc2Cl)cc1[N+](=O)[O-]. The van der Waals surface area contributed by atoms with Crippen molar-refractivity contribution in [3.05, 3.63) is 54.2 Å². The number of amides is 1. The second-order valence-corrected chi connectivity index (χ2v) is 6.74. The van der Waals surface area contributed by atoms with Crippen LogP contribution in [0.4, 0.5) is 5.69 Å². The highest BCUT2D eigenvalue weighted by Crippen LogP contribution is 2.28. The van der Waals surface area contributed by atoms with Crippen LogP contribution < -0.4 is 10.2 Å². The van der Waals surface area contributed by atoms with Crippen molar-refractivity contribution in [1.82, 2.24) is 5.43 Å². The fourth-order valence-corrected chi connectivity index (χ4v) is 3.25. The summed E-state index contributed by atoms with van der Waals surface area (Å²) < 4.78 is 5.27. The highest BCUT2D eigenvalue weighted by atomic mass is 35.5. The first-order chi connectivity index (χ1) is 11.9. The van der Waals surface area contributed by atoms with Gasteiger partial charge in [-0.1, -0.05) is 30.1 Å². The van der Waals surface area contributed by atoms with E-state index in [1.54, 1.807) is 12.1 Å². The van der Waals surface area contributed by atoms with Gasteiger partial charge in [-0.3, -0.25) is 14.9 Å². The van der Waals surface area contributed by atoms with Crippen molar-refractivity contribution >= 4 is 52.3 Å². The summed E-state index contributed by atoms with van der Waals surface area (Å²) in [7, 11) is 0. The Labute approximate surface area is 157 Å². The van der Waals surface area contributed by atoms with E-state index in [4.69, 9.17) is 27.9 Å². The first kappa shape index (κ1) is 19.2. The van der Waals surface area contributed by atoms with Gasteiger partial charge in [0.05, 0.1) is 25.9 Å². The predicted octanol–water partition coefficient (Wildman–Crippen LogP) is 4.05. The normalized spacial score (nSPS) is 10.8. The van der Waals surface area contributed by atoms with Crippen LogP contribution in [0.15, 0.2) is 29.4 Å². The standard InChI is InChI=1S/C15H13Cl2N3O4S/c1-2-14-12(20(22)23)6-10(25-14)7-18-19-15(21)8-24-13-4-3-9(16)5-11(13)17/h3-7H,2,8H2,1H3,(H,19,21)/b18-7+. The number of ether oxygens (including phenoxy) is 1. The van der Waals surface area contributed by atoms with Gasteiger partial charge in [0.1, 0.15) is 5.75 Å². The van der Waals surface area contributed by atoms with Gasteiger partial charge in [-0.25, -0.2) is 5.43 Å². The average molecular weight is 402 g/mol. The van der Waals surface area contributed by atoms with Crippen LogP contribution >= 0.6 is 34.5 Å². The Kier molecular flexibility index (Phi) is 6.74. The minimum absolute atomic E-state index is 0.0565. The van der Waals surface area contributed by atoms with Crippen LogP contribution in [0.1, 0.15) is 16.7 Å². The number of aryl methyl sites for hydroxylation is 1. The molecule has 0 atom stereocenters. The molecule has 0 aliphatic carbocycles. The molecule has 0 spiro atoms. The lowest BCUT2D eigenvalue weighted by Gasteiger charge is -2.06. The number of hydrogen-bond donors (Lipinski definition) is 1. The van der Waals surface area contributed by atoms with Gasteiger partial charge in [0.15, 0.2) is 6.61 Å². The third-order valence-electron chi connectivity index (χ3n) is 2.96. The molecular weight excluding hydrogens is 389 g/mol. The summed E-state index contributed by atoms with van der Waals surface area (Å²) in [5.74, 6) is -0.171. The minimum atomic E-state index is -0.496. The van der Waals surface area contributed by atoms with E-state index in [1.807, 2.05) is 6.92 Å². The van der Waals surface area contributed by atoms with E-state index in [9.17, 15) is 14.9 Å². The third kappa shape index (κ3) is 5.42. The number of hydrogen-bond acceptors (Lipinski definition) is 6. The van der Waals surface area contributed by atoms with Crippen molar-refractivity contribution < 1.29 is 14.5 Å². The lowest BCUT2D eigenvalue weighted by atomic mass is 10.3. The van der Waals surface area contributed by atoms with Crippen LogP contribution in [0.5, 0.6) is 5.75 Å². The van der Waals surface area contributed by atoms with Crippen LogP contribution in [0.2, 0.25) is 10.0 Å². The van der Waals surface area contributed by atoms with Gasteiger partial charge < -0.3 is 4.74 Å².